The third-order valence-electron chi connectivity index (χ3n) is 10.9. The summed E-state index contributed by atoms with van der Waals surface area (Å²) in [5.41, 5.74) is 0. The lowest BCUT2D eigenvalue weighted by Crippen LogP contribution is -2.66. The van der Waals surface area contributed by atoms with Crippen LogP contribution in [0.5, 0.6) is 0 Å². The Morgan fingerprint density at radius 3 is 1.14 bits per heavy atom. The molecule has 1 unspecified atom stereocenters. The first-order chi connectivity index (χ1) is 27.6. The molecule has 336 valence electrons. The van der Waals surface area contributed by atoms with E-state index in [0.29, 0.717) is 0 Å². The second-order valence-electron chi connectivity index (χ2n) is 13.9. The number of hydrogen-bond acceptors (Lipinski definition) is 21. The van der Waals surface area contributed by atoms with E-state index >= 15 is 0 Å². The van der Waals surface area contributed by atoms with Gasteiger partial charge in [0, 0.05) is 85.3 Å². The molecule has 4 heterocycles. The van der Waals surface area contributed by atoms with Crippen LogP contribution in [0, 0.1) is 0 Å². The van der Waals surface area contributed by atoms with Gasteiger partial charge in [0.2, 0.25) is 0 Å². The lowest BCUT2D eigenvalue weighted by Gasteiger charge is -2.49. The molecule has 4 aliphatic rings. The van der Waals surface area contributed by atoms with Gasteiger partial charge in [0.1, 0.15) is 97.7 Å². The average molecular weight is 835 g/mol. The molecule has 4 rings (SSSR count). The highest BCUT2D eigenvalue weighted by atomic mass is 16.8. The number of aliphatic hydroxyl groups is 2. The first kappa shape index (κ1) is 48.8. The normalized spacial score (nSPS) is 44.3. The third kappa shape index (κ3) is 11.0. The van der Waals surface area contributed by atoms with Gasteiger partial charge in [-0.1, -0.05) is 0 Å². The molecule has 4 aliphatic heterocycles. The molecule has 0 aromatic heterocycles. The lowest BCUT2D eigenvalue weighted by molar-refractivity contribution is -0.371. The molecular formula is C36H66O21. The molecule has 20 atom stereocenters. The fourth-order valence-electron chi connectivity index (χ4n) is 8.17. The summed E-state index contributed by atoms with van der Waals surface area (Å²) in [6.45, 7) is -0.0475. The van der Waals surface area contributed by atoms with Gasteiger partial charge in [0.25, 0.3) is 0 Å². The summed E-state index contributed by atoms with van der Waals surface area (Å²) < 4.78 is 112. The maximum absolute atomic E-state index is 11.7. The topological polar surface area (TPSA) is 216 Å². The van der Waals surface area contributed by atoms with Crippen molar-refractivity contribution in [2.75, 3.05) is 112 Å². The minimum atomic E-state index is -1.37. The van der Waals surface area contributed by atoms with Gasteiger partial charge in [0.05, 0.1) is 26.4 Å². The van der Waals surface area contributed by atoms with Gasteiger partial charge < -0.3 is 100 Å². The summed E-state index contributed by atoms with van der Waals surface area (Å²) in [6, 6.07) is 0. The summed E-state index contributed by atoms with van der Waals surface area (Å²) in [6.07, 6.45) is -17.1. The predicted molar refractivity (Wildman–Crippen MR) is 191 cm³/mol. The Bertz CT molecular complexity index is 1110. The van der Waals surface area contributed by atoms with Gasteiger partial charge >= 0.3 is 0 Å². The molecule has 0 aromatic carbocycles. The van der Waals surface area contributed by atoms with E-state index in [1.165, 1.54) is 64.0 Å². The van der Waals surface area contributed by atoms with Crippen LogP contribution < -0.4 is 0 Å². The molecule has 0 aliphatic carbocycles. The van der Waals surface area contributed by atoms with Crippen LogP contribution in [0.15, 0.2) is 0 Å². The van der Waals surface area contributed by atoms with Gasteiger partial charge in [-0.3, -0.25) is 0 Å². The van der Waals surface area contributed by atoms with Crippen LogP contribution in [-0.4, -0.2) is 245 Å². The minimum absolute atomic E-state index is 0.0324. The standard InChI is InChI=1S/C36H66O21/c1-39-13-17-22(41-3)29(47-9)32(50-12)36(56-17)57-25-18(14-40-2)54-34(21(37)26(25)44-6)51-16-20-24(43-5)28(46-8)31(49-11)35(55-20)52-15-19-23(42-4)27(45-7)30(48-10)33(38)53-19/h17-38H,13-16H2,1-12H3/t17-,18-,19-,20-,21-,22-,23-,24-,25-,26-,27+,28+,29+,30-,31-,32-,33?,34-,35-,36-/m1/s1. The maximum atomic E-state index is 11.7. The van der Waals surface area contributed by atoms with Crippen molar-refractivity contribution in [2.24, 2.45) is 0 Å². The first-order valence-corrected chi connectivity index (χ1v) is 18.7. The van der Waals surface area contributed by atoms with Crippen LogP contribution in [0.1, 0.15) is 0 Å². The highest BCUT2D eigenvalue weighted by molar-refractivity contribution is 4.98. The molecule has 0 radical (unpaired) electrons. The highest BCUT2D eigenvalue weighted by Gasteiger charge is 2.55. The predicted octanol–water partition coefficient (Wildman–Crippen LogP) is -1.90. The summed E-state index contributed by atoms with van der Waals surface area (Å²) in [4.78, 5) is 0. The zero-order valence-corrected chi connectivity index (χ0v) is 35.0. The van der Waals surface area contributed by atoms with Crippen LogP contribution in [0.3, 0.4) is 0 Å². The molecule has 21 heteroatoms. The van der Waals surface area contributed by atoms with E-state index in [2.05, 4.69) is 0 Å². The second kappa shape index (κ2) is 24.0. The summed E-state index contributed by atoms with van der Waals surface area (Å²) in [5.74, 6) is 0. The summed E-state index contributed by atoms with van der Waals surface area (Å²) >= 11 is 0. The highest BCUT2D eigenvalue weighted by Crippen LogP contribution is 2.35. The summed E-state index contributed by atoms with van der Waals surface area (Å²) in [7, 11) is 18.0. The molecule has 0 bridgehead atoms. The quantitative estimate of drug-likeness (QED) is 0.122. The van der Waals surface area contributed by atoms with E-state index in [0.717, 1.165) is 0 Å². The Hall–Kier alpha value is -0.840. The van der Waals surface area contributed by atoms with Crippen LogP contribution in [0.2, 0.25) is 0 Å². The Morgan fingerprint density at radius 1 is 0.333 bits per heavy atom. The lowest BCUT2D eigenvalue weighted by atomic mass is 9.96. The van der Waals surface area contributed by atoms with E-state index in [1.807, 2.05) is 0 Å². The van der Waals surface area contributed by atoms with Crippen molar-refractivity contribution in [1.82, 2.24) is 0 Å². The fraction of sp³-hybridized carbons (Fsp3) is 1.00. The number of hydrogen-bond donors (Lipinski definition) is 2. The molecule has 2 N–H and O–H groups in total. The van der Waals surface area contributed by atoms with E-state index in [1.54, 1.807) is 21.3 Å². The van der Waals surface area contributed by atoms with Crippen molar-refractivity contribution < 1.29 is 100 Å². The molecule has 4 saturated heterocycles. The zero-order valence-electron chi connectivity index (χ0n) is 35.0. The van der Waals surface area contributed by atoms with Crippen LogP contribution >= 0.6 is 0 Å². The van der Waals surface area contributed by atoms with Crippen molar-refractivity contribution in [3.05, 3.63) is 0 Å². The third-order valence-corrected chi connectivity index (χ3v) is 10.9. The second-order valence-corrected chi connectivity index (χ2v) is 13.9. The first-order valence-electron chi connectivity index (χ1n) is 18.7. The molecule has 0 aromatic rings. The van der Waals surface area contributed by atoms with Gasteiger partial charge in [0.15, 0.2) is 25.2 Å². The average Bonchev–Trinajstić information content (AvgIpc) is 3.22. The maximum Gasteiger partial charge on any atom is 0.187 e. The van der Waals surface area contributed by atoms with Crippen molar-refractivity contribution in [1.29, 1.82) is 0 Å². The van der Waals surface area contributed by atoms with E-state index in [4.69, 9.17) is 90.0 Å². The minimum Gasteiger partial charge on any atom is -0.385 e. The number of ether oxygens (including phenoxy) is 19. The van der Waals surface area contributed by atoms with Crippen molar-refractivity contribution in [2.45, 2.75) is 123 Å². The number of methoxy groups -OCH3 is 12. The van der Waals surface area contributed by atoms with Crippen molar-refractivity contribution in [3.63, 3.8) is 0 Å². The Labute approximate surface area is 334 Å². The Morgan fingerprint density at radius 2 is 0.684 bits per heavy atom. The van der Waals surface area contributed by atoms with Gasteiger partial charge in [-0.15, -0.1) is 0 Å². The van der Waals surface area contributed by atoms with Crippen molar-refractivity contribution in [3.8, 4) is 0 Å². The summed E-state index contributed by atoms with van der Waals surface area (Å²) in [5, 5.41) is 22.3. The molecule has 0 saturated carbocycles. The number of rotatable bonds is 22. The Kier molecular flexibility index (Phi) is 20.5. The molecular weight excluding hydrogens is 768 g/mol. The largest absolute Gasteiger partial charge is 0.385 e. The van der Waals surface area contributed by atoms with Crippen molar-refractivity contribution >= 4 is 0 Å². The van der Waals surface area contributed by atoms with Crippen LogP contribution in [0.25, 0.3) is 0 Å². The van der Waals surface area contributed by atoms with E-state index in [-0.39, 0.29) is 26.4 Å². The van der Waals surface area contributed by atoms with E-state index in [9.17, 15) is 10.2 Å². The fourth-order valence-corrected chi connectivity index (χ4v) is 8.17. The molecule has 4 fully saturated rings. The van der Waals surface area contributed by atoms with Crippen LogP contribution in [-0.2, 0) is 90.0 Å². The number of aliphatic hydroxyl groups excluding tert-OH is 2. The van der Waals surface area contributed by atoms with Gasteiger partial charge in [-0.2, -0.15) is 0 Å². The molecule has 0 spiro atoms. The van der Waals surface area contributed by atoms with Crippen LogP contribution in [0.4, 0.5) is 0 Å². The zero-order chi connectivity index (χ0) is 41.8. The Balaban J connectivity index is 1.50. The molecule has 57 heavy (non-hydrogen) atoms. The SMILES string of the molecule is COC[C@H]1O[C@H](O[C@H]2[C@H](OC)[C@@H](O)[C@H](OC[C@H]3O[C@@H](OC[C@H]4OC(O)[C@H](OC)[C@@H](OC)[C@@H]4OC)[C@H](OC)[C@@H](OC)[C@@H]3OC)O[C@@H]2COC)[C@H](OC)[C@@H](OC)[C@@H]1OC. The van der Waals surface area contributed by atoms with Gasteiger partial charge in [-0.05, 0) is 0 Å². The smallest absolute Gasteiger partial charge is 0.187 e. The molecule has 21 nitrogen and oxygen atoms in total. The molecule has 0 amide bonds. The van der Waals surface area contributed by atoms with E-state index < -0.39 is 123 Å². The van der Waals surface area contributed by atoms with Gasteiger partial charge in [-0.25, -0.2) is 0 Å². The monoisotopic (exact) mass is 834 g/mol.